The molecular weight excluding hydrogens is 364 g/mol. The van der Waals surface area contributed by atoms with Crippen LogP contribution in [0.3, 0.4) is 0 Å². The van der Waals surface area contributed by atoms with Crippen LogP contribution >= 0.6 is 0 Å². The highest BCUT2D eigenvalue weighted by Crippen LogP contribution is 2.43. The van der Waals surface area contributed by atoms with E-state index in [2.05, 4.69) is 17.3 Å². The van der Waals surface area contributed by atoms with Crippen molar-refractivity contribution in [1.29, 1.82) is 0 Å². The quantitative estimate of drug-likeness (QED) is 0.847. The van der Waals surface area contributed by atoms with Gasteiger partial charge in [-0.15, -0.1) is 0 Å². The van der Waals surface area contributed by atoms with Gasteiger partial charge in [0.2, 0.25) is 5.91 Å². The molecule has 2 atom stereocenters. The predicted octanol–water partition coefficient (Wildman–Crippen LogP) is 2.59. The zero-order valence-electron chi connectivity index (χ0n) is 18.8. The van der Waals surface area contributed by atoms with Crippen molar-refractivity contribution in [3.8, 4) is 0 Å². The average molecular weight is 401 g/mol. The number of likely N-dealkylation sites (tertiary alicyclic amines) is 2. The van der Waals surface area contributed by atoms with E-state index >= 15 is 0 Å². The Morgan fingerprint density at radius 3 is 2.55 bits per heavy atom. The number of likely N-dealkylation sites (N-methyl/N-ethyl adjacent to an activating group) is 1. The number of amides is 2. The van der Waals surface area contributed by atoms with Crippen molar-refractivity contribution < 1.29 is 9.59 Å². The molecule has 2 amide bonds. The molecule has 0 unspecified atom stereocenters. The van der Waals surface area contributed by atoms with Gasteiger partial charge in [-0.2, -0.15) is 0 Å². The van der Waals surface area contributed by atoms with Crippen LogP contribution in [-0.2, 0) is 4.79 Å². The van der Waals surface area contributed by atoms with Gasteiger partial charge in [-0.25, -0.2) is 0 Å². The Kier molecular flexibility index (Phi) is 5.95. The van der Waals surface area contributed by atoms with Crippen LogP contribution in [0.5, 0.6) is 0 Å². The second-order valence-corrected chi connectivity index (χ2v) is 9.91. The molecule has 2 saturated heterocycles. The maximum atomic E-state index is 13.3. The largest absolute Gasteiger partial charge is 0.378 e. The maximum absolute atomic E-state index is 13.3. The smallest absolute Gasteiger partial charge is 0.253 e. The fourth-order valence-corrected chi connectivity index (χ4v) is 4.76. The Morgan fingerprint density at radius 2 is 1.90 bits per heavy atom. The van der Waals surface area contributed by atoms with Crippen LogP contribution in [0, 0.1) is 5.41 Å². The number of carbonyl (C=O) groups excluding carboxylic acids is 2. The first kappa shape index (κ1) is 21.6. The summed E-state index contributed by atoms with van der Waals surface area (Å²) in [6.45, 7) is 8.26. The summed E-state index contributed by atoms with van der Waals surface area (Å²) in [4.78, 5) is 32.8. The van der Waals surface area contributed by atoms with Crippen LogP contribution in [0.4, 0.5) is 5.69 Å². The van der Waals surface area contributed by atoms with Crippen molar-refractivity contribution in [2.75, 3.05) is 45.7 Å². The van der Waals surface area contributed by atoms with Crippen LogP contribution in [-0.4, -0.2) is 74.0 Å². The van der Waals surface area contributed by atoms with E-state index in [1.807, 2.05) is 68.9 Å². The third kappa shape index (κ3) is 4.42. The maximum Gasteiger partial charge on any atom is 0.253 e. The van der Waals surface area contributed by atoms with Crippen LogP contribution in [0.2, 0.25) is 0 Å². The van der Waals surface area contributed by atoms with Gasteiger partial charge in [0.25, 0.3) is 5.91 Å². The SMILES string of the molecule is CN(C)c1cccc(C(=O)N2CC[C@]3(C(=O)NC(C)(C)C)CCCN(C)[C@@H]3C2)c1. The van der Waals surface area contributed by atoms with E-state index in [9.17, 15) is 9.59 Å². The third-order valence-electron chi connectivity index (χ3n) is 6.36. The van der Waals surface area contributed by atoms with Gasteiger partial charge in [-0.1, -0.05) is 6.07 Å². The summed E-state index contributed by atoms with van der Waals surface area (Å²) in [6, 6.07) is 7.81. The van der Waals surface area contributed by atoms with Crippen LogP contribution in [0.1, 0.15) is 50.4 Å². The zero-order valence-corrected chi connectivity index (χ0v) is 18.8. The molecule has 0 spiro atoms. The first-order chi connectivity index (χ1) is 13.5. The predicted molar refractivity (Wildman–Crippen MR) is 117 cm³/mol. The number of benzene rings is 1. The van der Waals surface area contributed by atoms with Gasteiger partial charge in [0.15, 0.2) is 0 Å². The van der Waals surface area contributed by atoms with E-state index in [1.165, 1.54) is 0 Å². The standard InChI is InChI=1S/C23H36N4O2/c1-22(2,3)24-21(29)23-11-8-13-26(6)19(23)16-27(14-12-23)20(28)17-9-7-10-18(15-17)25(4)5/h7,9-10,15,19H,8,11-14,16H2,1-6H3,(H,24,29)/t19-,23-/m1/s1. The lowest BCUT2D eigenvalue weighted by molar-refractivity contribution is -0.144. The second kappa shape index (κ2) is 7.98. The van der Waals surface area contributed by atoms with Gasteiger partial charge in [0.05, 0.1) is 5.41 Å². The zero-order chi connectivity index (χ0) is 21.4. The van der Waals surface area contributed by atoms with E-state index in [0.29, 0.717) is 25.1 Å². The second-order valence-electron chi connectivity index (χ2n) is 9.91. The first-order valence-electron chi connectivity index (χ1n) is 10.6. The number of fused-ring (bicyclic) bond motifs is 1. The molecule has 0 aromatic heterocycles. The Morgan fingerprint density at radius 1 is 1.17 bits per heavy atom. The molecule has 0 radical (unpaired) electrons. The molecule has 1 aromatic rings. The summed E-state index contributed by atoms with van der Waals surface area (Å²) in [5.74, 6) is 0.195. The van der Waals surface area contributed by atoms with Crippen molar-refractivity contribution in [3.63, 3.8) is 0 Å². The highest BCUT2D eigenvalue weighted by Gasteiger charge is 2.53. The number of nitrogens with one attached hydrogen (secondary N) is 1. The summed E-state index contributed by atoms with van der Waals surface area (Å²) in [5, 5.41) is 3.22. The van der Waals surface area contributed by atoms with E-state index < -0.39 is 5.41 Å². The van der Waals surface area contributed by atoms with Gasteiger partial charge < -0.3 is 20.0 Å². The molecule has 0 bridgehead atoms. The van der Waals surface area contributed by atoms with Crippen molar-refractivity contribution in [3.05, 3.63) is 29.8 Å². The summed E-state index contributed by atoms with van der Waals surface area (Å²) < 4.78 is 0. The molecule has 29 heavy (non-hydrogen) atoms. The molecule has 0 saturated carbocycles. The topological polar surface area (TPSA) is 55.9 Å². The number of nitrogens with zero attached hydrogens (tertiary/aromatic N) is 3. The van der Waals surface area contributed by atoms with Gasteiger partial charge in [-0.3, -0.25) is 9.59 Å². The number of carbonyl (C=O) groups is 2. The van der Waals surface area contributed by atoms with Crippen molar-refractivity contribution >= 4 is 17.5 Å². The molecule has 6 heteroatoms. The van der Waals surface area contributed by atoms with Crippen molar-refractivity contribution in [2.45, 2.75) is 51.6 Å². The summed E-state index contributed by atoms with van der Waals surface area (Å²) in [7, 11) is 6.04. The fraction of sp³-hybridized carbons (Fsp3) is 0.652. The molecular formula is C23H36N4O2. The Bertz CT molecular complexity index is 770. The Hall–Kier alpha value is -2.08. The molecule has 6 nitrogen and oxygen atoms in total. The van der Waals surface area contributed by atoms with Crippen molar-refractivity contribution in [2.24, 2.45) is 5.41 Å². The van der Waals surface area contributed by atoms with Gasteiger partial charge in [-0.05, 0) is 71.8 Å². The van der Waals surface area contributed by atoms with E-state index in [1.54, 1.807) is 0 Å². The lowest BCUT2D eigenvalue weighted by Gasteiger charge is -2.53. The number of anilines is 1. The van der Waals surface area contributed by atoms with Gasteiger partial charge >= 0.3 is 0 Å². The molecule has 2 aliphatic rings. The molecule has 1 aromatic carbocycles. The molecule has 3 rings (SSSR count). The Labute approximate surface area is 175 Å². The van der Waals surface area contributed by atoms with Gasteiger partial charge in [0.1, 0.15) is 0 Å². The molecule has 160 valence electrons. The molecule has 1 N–H and O–H groups in total. The molecule has 2 fully saturated rings. The Balaban J connectivity index is 1.83. The number of hydrogen-bond acceptors (Lipinski definition) is 4. The third-order valence-corrected chi connectivity index (χ3v) is 6.36. The highest BCUT2D eigenvalue weighted by molar-refractivity contribution is 5.95. The monoisotopic (exact) mass is 400 g/mol. The summed E-state index contributed by atoms with van der Waals surface area (Å²) >= 11 is 0. The van der Waals surface area contributed by atoms with Crippen LogP contribution in [0.25, 0.3) is 0 Å². The molecule has 2 aliphatic heterocycles. The molecule has 2 heterocycles. The van der Waals surface area contributed by atoms with E-state index in [0.717, 1.165) is 25.1 Å². The summed E-state index contributed by atoms with van der Waals surface area (Å²) in [6.07, 6.45) is 2.62. The van der Waals surface area contributed by atoms with E-state index in [-0.39, 0.29) is 23.4 Å². The minimum Gasteiger partial charge on any atom is -0.378 e. The minimum absolute atomic E-state index is 0.0494. The van der Waals surface area contributed by atoms with Crippen LogP contribution in [0.15, 0.2) is 24.3 Å². The van der Waals surface area contributed by atoms with Crippen molar-refractivity contribution in [1.82, 2.24) is 15.1 Å². The average Bonchev–Trinajstić information content (AvgIpc) is 2.66. The highest BCUT2D eigenvalue weighted by atomic mass is 16.2. The number of hydrogen-bond donors (Lipinski definition) is 1. The number of piperidine rings is 2. The summed E-state index contributed by atoms with van der Waals surface area (Å²) in [5.41, 5.74) is 1.05. The fourth-order valence-electron chi connectivity index (χ4n) is 4.76. The minimum atomic E-state index is -0.414. The lowest BCUT2D eigenvalue weighted by atomic mass is 9.67. The van der Waals surface area contributed by atoms with E-state index in [4.69, 9.17) is 0 Å². The number of rotatable bonds is 3. The van der Waals surface area contributed by atoms with Gasteiger partial charge in [0, 0.05) is 50.0 Å². The van der Waals surface area contributed by atoms with Crippen LogP contribution < -0.4 is 10.2 Å². The first-order valence-corrected chi connectivity index (χ1v) is 10.6. The lowest BCUT2D eigenvalue weighted by Crippen LogP contribution is -2.66. The normalized spacial score (nSPS) is 25.3. The molecule has 0 aliphatic carbocycles.